The third-order valence-corrected chi connectivity index (χ3v) is 5.38. The lowest BCUT2D eigenvalue weighted by molar-refractivity contribution is 0.0761. The topological polar surface area (TPSA) is 36.4 Å². The van der Waals surface area contributed by atoms with Crippen molar-refractivity contribution in [3.8, 4) is 0 Å². The lowest BCUT2D eigenvalue weighted by Crippen LogP contribution is -2.35. The van der Waals surface area contributed by atoms with E-state index in [1.807, 2.05) is 23.4 Å². The molecule has 1 aromatic heterocycles. The molecule has 2 heterocycles. The van der Waals surface area contributed by atoms with Crippen LogP contribution in [0.5, 0.6) is 0 Å². The lowest BCUT2D eigenvalue weighted by atomic mass is 10.1. The van der Waals surface area contributed by atoms with Crippen molar-refractivity contribution in [1.29, 1.82) is 0 Å². The maximum Gasteiger partial charge on any atom is 0.253 e. The lowest BCUT2D eigenvalue weighted by Gasteiger charge is -2.22. The number of aryl methyl sites for hydroxylation is 2. The van der Waals surface area contributed by atoms with E-state index in [1.165, 1.54) is 23.1 Å². The van der Waals surface area contributed by atoms with Gasteiger partial charge in [0, 0.05) is 50.7 Å². The minimum absolute atomic E-state index is 0.195. The molecule has 1 saturated heterocycles. The van der Waals surface area contributed by atoms with Crippen LogP contribution in [0.4, 0.5) is 0 Å². The van der Waals surface area contributed by atoms with Crippen LogP contribution in [-0.2, 0) is 19.4 Å². The summed E-state index contributed by atoms with van der Waals surface area (Å²) in [5, 5.41) is 0. The zero-order valence-electron chi connectivity index (χ0n) is 14.7. The number of aromatic nitrogens is 1. The van der Waals surface area contributed by atoms with Crippen LogP contribution in [0.25, 0.3) is 0 Å². The standard InChI is InChI=1S/C21H25N3O/c25-21(20-6-5-18-3-1-4-19(18)15-20)24-12-2-11-23(13-14-24)16-17-7-9-22-10-8-17/h5-10,15H,1-4,11-14,16H2. The molecular weight excluding hydrogens is 310 g/mol. The van der Waals surface area contributed by atoms with Gasteiger partial charge in [-0.15, -0.1) is 0 Å². The van der Waals surface area contributed by atoms with Crippen molar-refractivity contribution in [3.63, 3.8) is 0 Å². The van der Waals surface area contributed by atoms with E-state index >= 15 is 0 Å². The van der Waals surface area contributed by atoms with Crippen molar-refractivity contribution in [2.45, 2.75) is 32.2 Å². The minimum atomic E-state index is 0.195. The Labute approximate surface area is 149 Å². The fourth-order valence-electron chi connectivity index (χ4n) is 3.97. The smallest absolute Gasteiger partial charge is 0.253 e. The second-order valence-electron chi connectivity index (χ2n) is 7.11. The van der Waals surface area contributed by atoms with Crippen LogP contribution in [0.1, 0.15) is 39.9 Å². The summed E-state index contributed by atoms with van der Waals surface area (Å²) in [5.74, 6) is 0.195. The molecule has 1 aliphatic carbocycles. The molecule has 2 aliphatic rings. The molecule has 1 fully saturated rings. The number of carbonyl (C=O) groups is 1. The fraction of sp³-hybridized carbons (Fsp3) is 0.429. The van der Waals surface area contributed by atoms with Gasteiger partial charge in [-0.2, -0.15) is 0 Å². The maximum atomic E-state index is 12.9. The van der Waals surface area contributed by atoms with Gasteiger partial charge in [0.25, 0.3) is 5.91 Å². The molecule has 1 amide bonds. The predicted octanol–water partition coefficient (Wildman–Crippen LogP) is 2.92. The average molecular weight is 335 g/mol. The second-order valence-corrected chi connectivity index (χ2v) is 7.11. The Hall–Kier alpha value is -2.20. The molecule has 1 aromatic carbocycles. The molecule has 4 rings (SSSR count). The van der Waals surface area contributed by atoms with Crippen LogP contribution in [0.2, 0.25) is 0 Å². The Kier molecular flexibility index (Phi) is 4.79. The van der Waals surface area contributed by atoms with E-state index in [0.29, 0.717) is 0 Å². The van der Waals surface area contributed by atoms with Crippen molar-refractivity contribution in [3.05, 3.63) is 65.0 Å². The average Bonchev–Trinajstić information content (AvgIpc) is 3.00. The molecule has 25 heavy (non-hydrogen) atoms. The monoisotopic (exact) mass is 335 g/mol. The summed E-state index contributed by atoms with van der Waals surface area (Å²) >= 11 is 0. The molecule has 1 aliphatic heterocycles. The third-order valence-electron chi connectivity index (χ3n) is 5.38. The van der Waals surface area contributed by atoms with Gasteiger partial charge in [-0.25, -0.2) is 0 Å². The van der Waals surface area contributed by atoms with E-state index in [9.17, 15) is 4.79 Å². The summed E-state index contributed by atoms with van der Waals surface area (Å²) in [6, 6.07) is 10.4. The number of rotatable bonds is 3. The van der Waals surface area contributed by atoms with Crippen LogP contribution >= 0.6 is 0 Å². The van der Waals surface area contributed by atoms with E-state index in [0.717, 1.165) is 57.5 Å². The summed E-state index contributed by atoms with van der Waals surface area (Å²) in [4.78, 5) is 21.5. The Morgan fingerprint density at radius 1 is 0.920 bits per heavy atom. The number of pyridine rings is 1. The number of hydrogen-bond acceptors (Lipinski definition) is 3. The zero-order chi connectivity index (χ0) is 17.1. The van der Waals surface area contributed by atoms with Gasteiger partial charge in [0.05, 0.1) is 0 Å². The van der Waals surface area contributed by atoms with Gasteiger partial charge in [-0.05, 0) is 66.6 Å². The third kappa shape index (κ3) is 3.74. The van der Waals surface area contributed by atoms with Gasteiger partial charge in [-0.3, -0.25) is 14.7 Å². The molecule has 2 aromatic rings. The normalized spacial score (nSPS) is 18.0. The van der Waals surface area contributed by atoms with Crippen molar-refractivity contribution in [2.75, 3.05) is 26.2 Å². The van der Waals surface area contributed by atoms with E-state index < -0.39 is 0 Å². The second kappa shape index (κ2) is 7.36. The molecular formula is C21H25N3O. The minimum Gasteiger partial charge on any atom is -0.337 e. The summed E-state index contributed by atoms with van der Waals surface area (Å²) < 4.78 is 0. The Morgan fingerprint density at radius 3 is 2.64 bits per heavy atom. The number of amides is 1. The molecule has 0 N–H and O–H groups in total. The molecule has 0 spiro atoms. The van der Waals surface area contributed by atoms with Crippen LogP contribution in [0.15, 0.2) is 42.7 Å². The molecule has 4 nitrogen and oxygen atoms in total. The van der Waals surface area contributed by atoms with E-state index in [2.05, 4.69) is 34.1 Å². The van der Waals surface area contributed by atoms with Gasteiger partial charge < -0.3 is 4.90 Å². The first-order chi connectivity index (χ1) is 12.3. The molecule has 0 radical (unpaired) electrons. The highest BCUT2D eigenvalue weighted by Crippen LogP contribution is 2.23. The molecule has 0 bridgehead atoms. The van der Waals surface area contributed by atoms with Gasteiger partial charge in [0.1, 0.15) is 0 Å². The number of hydrogen-bond donors (Lipinski definition) is 0. The zero-order valence-corrected chi connectivity index (χ0v) is 14.7. The van der Waals surface area contributed by atoms with E-state index in [1.54, 1.807) is 0 Å². The summed E-state index contributed by atoms with van der Waals surface area (Å²) in [7, 11) is 0. The molecule has 0 saturated carbocycles. The highest BCUT2D eigenvalue weighted by atomic mass is 16.2. The maximum absolute atomic E-state index is 12.9. The number of nitrogens with zero attached hydrogens (tertiary/aromatic N) is 3. The molecule has 0 atom stereocenters. The van der Waals surface area contributed by atoms with Crippen molar-refractivity contribution in [2.24, 2.45) is 0 Å². The number of fused-ring (bicyclic) bond motifs is 1. The molecule has 4 heteroatoms. The van der Waals surface area contributed by atoms with Gasteiger partial charge in [-0.1, -0.05) is 6.07 Å². The Morgan fingerprint density at radius 2 is 1.76 bits per heavy atom. The highest BCUT2D eigenvalue weighted by Gasteiger charge is 2.21. The first kappa shape index (κ1) is 16.3. The summed E-state index contributed by atoms with van der Waals surface area (Å²) in [6.45, 7) is 4.56. The van der Waals surface area contributed by atoms with E-state index in [-0.39, 0.29) is 5.91 Å². The number of benzene rings is 1. The van der Waals surface area contributed by atoms with Gasteiger partial charge >= 0.3 is 0 Å². The first-order valence-corrected chi connectivity index (χ1v) is 9.32. The first-order valence-electron chi connectivity index (χ1n) is 9.32. The number of carbonyl (C=O) groups excluding carboxylic acids is 1. The van der Waals surface area contributed by atoms with Crippen molar-refractivity contribution < 1.29 is 4.79 Å². The fourth-order valence-corrected chi connectivity index (χ4v) is 3.97. The predicted molar refractivity (Wildman–Crippen MR) is 98.5 cm³/mol. The molecule has 0 unspecified atom stereocenters. The van der Waals surface area contributed by atoms with Crippen LogP contribution in [0.3, 0.4) is 0 Å². The Balaban J connectivity index is 1.39. The highest BCUT2D eigenvalue weighted by molar-refractivity contribution is 5.94. The van der Waals surface area contributed by atoms with Crippen LogP contribution in [0, 0.1) is 0 Å². The van der Waals surface area contributed by atoms with Crippen molar-refractivity contribution in [1.82, 2.24) is 14.8 Å². The SMILES string of the molecule is O=C(c1ccc2c(c1)CCC2)N1CCCN(Cc2ccncc2)CC1. The quantitative estimate of drug-likeness (QED) is 0.865. The van der Waals surface area contributed by atoms with Gasteiger partial charge in [0.2, 0.25) is 0 Å². The molecule has 130 valence electrons. The van der Waals surface area contributed by atoms with E-state index in [4.69, 9.17) is 0 Å². The Bertz CT molecular complexity index is 744. The van der Waals surface area contributed by atoms with Crippen molar-refractivity contribution >= 4 is 5.91 Å². The van der Waals surface area contributed by atoms with Crippen LogP contribution in [-0.4, -0.2) is 46.9 Å². The summed E-state index contributed by atoms with van der Waals surface area (Å²) in [5.41, 5.74) is 4.95. The largest absolute Gasteiger partial charge is 0.337 e. The van der Waals surface area contributed by atoms with Gasteiger partial charge in [0.15, 0.2) is 0 Å². The summed E-state index contributed by atoms with van der Waals surface area (Å²) in [6.07, 6.45) is 8.23. The van der Waals surface area contributed by atoms with Crippen LogP contribution < -0.4 is 0 Å².